The third kappa shape index (κ3) is 3.01. The van der Waals surface area contributed by atoms with Crippen LogP contribution in [0.2, 0.25) is 0 Å². The maximum Gasteiger partial charge on any atom is 0.293 e. The van der Waals surface area contributed by atoms with Crippen molar-refractivity contribution < 1.29 is 14.8 Å². The molecule has 0 atom stereocenters. The lowest BCUT2D eigenvalue weighted by atomic mass is 10.1. The molecule has 17 heavy (non-hydrogen) atoms. The number of anilines is 1. The molecular formula is C11H14N2O4. The fraction of sp³-hybridized carbons (Fsp3) is 0.364. The lowest BCUT2D eigenvalue weighted by Gasteiger charge is -2.21. The van der Waals surface area contributed by atoms with Gasteiger partial charge in [0.2, 0.25) is 0 Å². The van der Waals surface area contributed by atoms with Crippen molar-refractivity contribution in [2.75, 3.05) is 24.6 Å². The molecule has 0 heterocycles. The van der Waals surface area contributed by atoms with Gasteiger partial charge in [0, 0.05) is 24.7 Å². The van der Waals surface area contributed by atoms with Gasteiger partial charge < -0.3 is 10.0 Å². The number of hydrogen-bond donors (Lipinski definition) is 1. The molecule has 0 spiro atoms. The Hall–Kier alpha value is -1.95. The highest BCUT2D eigenvalue weighted by molar-refractivity contribution is 5.79. The van der Waals surface area contributed by atoms with Gasteiger partial charge >= 0.3 is 0 Å². The predicted octanol–water partition coefficient (Wildman–Crippen LogP) is 1.23. The van der Waals surface area contributed by atoms with E-state index in [0.29, 0.717) is 25.1 Å². The number of aliphatic hydroxyl groups is 1. The number of carbonyl (C=O) groups is 1. The van der Waals surface area contributed by atoms with Gasteiger partial charge in [0.15, 0.2) is 0 Å². The normalized spacial score (nSPS) is 10.0. The van der Waals surface area contributed by atoms with E-state index in [-0.39, 0.29) is 17.9 Å². The molecule has 0 aliphatic heterocycles. The summed E-state index contributed by atoms with van der Waals surface area (Å²) in [6, 6.07) is 4.29. The summed E-state index contributed by atoms with van der Waals surface area (Å²) in [5.41, 5.74) is 0.558. The summed E-state index contributed by atoms with van der Waals surface area (Å²) in [6.07, 6.45) is 0.569. The Morgan fingerprint density at radius 2 is 2.24 bits per heavy atom. The van der Waals surface area contributed by atoms with Gasteiger partial charge in [-0.1, -0.05) is 0 Å². The molecule has 1 aromatic rings. The van der Waals surface area contributed by atoms with Crippen LogP contribution in [0, 0.1) is 10.1 Å². The van der Waals surface area contributed by atoms with E-state index in [0.717, 1.165) is 0 Å². The molecule has 6 heteroatoms. The summed E-state index contributed by atoms with van der Waals surface area (Å²) >= 11 is 0. The van der Waals surface area contributed by atoms with Gasteiger partial charge in [-0.3, -0.25) is 14.9 Å². The Bertz CT molecular complexity index is 420. The second kappa shape index (κ2) is 5.95. The monoisotopic (exact) mass is 238 g/mol. The van der Waals surface area contributed by atoms with Crippen LogP contribution in [0.15, 0.2) is 18.2 Å². The Kier molecular flexibility index (Phi) is 4.59. The molecule has 1 aromatic carbocycles. The number of benzene rings is 1. The fourth-order valence-corrected chi connectivity index (χ4v) is 1.60. The van der Waals surface area contributed by atoms with Crippen molar-refractivity contribution >= 4 is 17.7 Å². The first-order valence-corrected chi connectivity index (χ1v) is 5.23. The molecule has 1 rings (SSSR count). The van der Waals surface area contributed by atoms with Gasteiger partial charge in [0.25, 0.3) is 5.69 Å². The van der Waals surface area contributed by atoms with E-state index in [9.17, 15) is 14.9 Å². The molecule has 0 radical (unpaired) electrons. The summed E-state index contributed by atoms with van der Waals surface area (Å²) in [7, 11) is 0. The third-order valence-electron chi connectivity index (χ3n) is 2.42. The first-order valence-electron chi connectivity index (χ1n) is 5.23. The molecule has 1 N–H and O–H groups in total. The summed E-state index contributed by atoms with van der Waals surface area (Å²) < 4.78 is 0. The van der Waals surface area contributed by atoms with E-state index >= 15 is 0 Å². The number of nitro groups is 1. The highest BCUT2D eigenvalue weighted by Gasteiger charge is 2.18. The Labute approximate surface area is 98.6 Å². The van der Waals surface area contributed by atoms with Crippen LogP contribution in [-0.2, 0) is 0 Å². The van der Waals surface area contributed by atoms with Gasteiger partial charge in [0.1, 0.15) is 12.0 Å². The quantitative estimate of drug-likeness (QED) is 0.457. The topological polar surface area (TPSA) is 83.7 Å². The number of rotatable bonds is 6. The molecule has 0 fully saturated rings. The number of nitrogens with zero attached hydrogens (tertiary/aromatic N) is 2. The number of carbonyl (C=O) groups excluding carboxylic acids is 1. The number of hydrogen-bond acceptors (Lipinski definition) is 5. The molecule has 0 aliphatic rings. The first kappa shape index (κ1) is 13.1. The minimum Gasteiger partial charge on any atom is -0.395 e. The molecule has 0 bridgehead atoms. The minimum absolute atomic E-state index is 0.0829. The minimum atomic E-state index is -0.525. The smallest absolute Gasteiger partial charge is 0.293 e. The highest BCUT2D eigenvalue weighted by atomic mass is 16.6. The summed E-state index contributed by atoms with van der Waals surface area (Å²) in [5.74, 6) is 0. The van der Waals surface area contributed by atoms with Gasteiger partial charge in [-0.25, -0.2) is 0 Å². The van der Waals surface area contributed by atoms with Crippen molar-refractivity contribution in [1.29, 1.82) is 0 Å². The number of aliphatic hydroxyl groups excluding tert-OH is 1. The van der Waals surface area contributed by atoms with Crippen LogP contribution in [0.3, 0.4) is 0 Å². The third-order valence-corrected chi connectivity index (χ3v) is 2.42. The summed E-state index contributed by atoms with van der Waals surface area (Å²) in [6.45, 7) is 2.62. The van der Waals surface area contributed by atoms with Gasteiger partial charge in [-0.15, -0.1) is 0 Å². The Morgan fingerprint density at radius 1 is 1.53 bits per heavy atom. The van der Waals surface area contributed by atoms with Crippen LogP contribution in [0.4, 0.5) is 11.4 Å². The lowest BCUT2D eigenvalue weighted by molar-refractivity contribution is -0.384. The largest absolute Gasteiger partial charge is 0.395 e. The maximum atomic E-state index is 10.9. The van der Waals surface area contributed by atoms with Gasteiger partial charge in [-0.05, 0) is 19.1 Å². The standard InChI is InChI=1S/C11H14N2O4/c1-2-12(5-6-14)10-4-3-9(8-15)7-11(10)13(16)17/h3-4,7-8,14H,2,5-6H2,1H3. The number of aldehydes is 1. The Morgan fingerprint density at radius 3 is 2.71 bits per heavy atom. The number of nitro benzene ring substituents is 1. The van der Waals surface area contributed by atoms with Crippen molar-refractivity contribution in [3.05, 3.63) is 33.9 Å². The van der Waals surface area contributed by atoms with E-state index in [1.807, 2.05) is 6.92 Å². The second-order valence-corrected chi connectivity index (χ2v) is 3.43. The Balaban J connectivity index is 3.21. The van der Waals surface area contributed by atoms with Crippen molar-refractivity contribution in [2.24, 2.45) is 0 Å². The molecule has 0 saturated heterocycles. The molecule has 0 saturated carbocycles. The first-order chi connectivity index (χ1) is 8.13. The van der Waals surface area contributed by atoms with E-state index in [2.05, 4.69) is 0 Å². The predicted molar refractivity (Wildman–Crippen MR) is 63.5 cm³/mol. The van der Waals surface area contributed by atoms with Crippen molar-refractivity contribution in [2.45, 2.75) is 6.92 Å². The SMILES string of the molecule is CCN(CCO)c1ccc(C=O)cc1[N+](=O)[O-]. The number of likely N-dealkylation sites (N-methyl/N-ethyl adjacent to an activating group) is 1. The van der Waals surface area contributed by atoms with E-state index < -0.39 is 4.92 Å². The molecule has 0 amide bonds. The molecule has 92 valence electrons. The maximum absolute atomic E-state index is 10.9. The average Bonchev–Trinajstić information content (AvgIpc) is 2.35. The van der Waals surface area contributed by atoms with Crippen LogP contribution in [-0.4, -0.2) is 36.0 Å². The van der Waals surface area contributed by atoms with Crippen molar-refractivity contribution in [1.82, 2.24) is 0 Å². The lowest BCUT2D eigenvalue weighted by Crippen LogP contribution is -2.26. The van der Waals surface area contributed by atoms with E-state index in [1.54, 1.807) is 4.90 Å². The molecule has 0 unspecified atom stereocenters. The van der Waals surface area contributed by atoms with Crippen molar-refractivity contribution in [3.8, 4) is 0 Å². The fourth-order valence-electron chi connectivity index (χ4n) is 1.60. The van der Waals surface area contributed by atoms with E-state index in [1.165, 1.54) is 18.2 Å². The molecular weight excluding hydrogens is 224 g/mol. The molecule has 0 aromatic heterocycles. The zero-order chi connectivity index (χ0) is 12.8. The van der Waals surface area contributed by atoms with Gasteiger partial charge in [-0.2, -0.15) is 0 Å². The van der Waals surface area contributed by atoms with Crippen LogP contribution < -0.4 is 4.90 Å². The van der Waals surface area contributed by atoms with Crippen LogP contribution in [0.5, 0.6) is 0 Å². The van der Waals surface area contributed by atoms with Crippen molar-refractivity contribution in [3.63, 3.8) is 0 Å². The van der Waals surface area contributed by atoms with Crippen LogP contribution >= 0.6 is 0 Å². The zero-order valence-corrected chi connectivity index (χ0v) is 9.50. The van der Waals surface area contributed by atoms with E-state index in [4.69, 9.17) is 5.11 Å². The molecule has 0 aliphatic carbocycles. The van der Waals surface area contributed by atoms with Gasteiger partial charge in [0.05, 0.1) is 11.5 Å². The highest BCUT2D eigenvalue weighted by Crippen LogP contribution is 2.28. The summed E-state index contributed by atoms with van der Waals surface area (Å²) in [4.78, 5) is 22.7. The summed E-state index contributed by atoms with van der Waals surface area (Å²) in [5, 5.41) is 19.8. The van der Waals surface area contributed by atoms with Crippen LogP contribution in [0.25, 0.3) is 0 Å². The second-order valence-electron chi connectivity index (χ2n) is 3.43. The van der Waals surface area contributed by atoms with Crippen LogP contribution in [0.1, 0.15) is 17.3 Å². The molecule has 6 nitrogen and oxygen atoms in total. The average molecular weight is 238 g/mol. The zero-order valence-electron chi connectivity index (χ0n) is 9.50.